The molecular weight excluding hydrogens is 534 g/mol. The topological polar surface area (TPSA) is 119 Å². The number of aryl methyl sites for hydroxylation is 1. The number of aromatic nitrogens is 3. The van der Waals surface area contributed by atoms with Gasteiger partial charge in [-0.2, -0.15) is 18.3 Å². The Kier molecular flexibility index (Phi) is 7.93. The summed E-state index contributed by atoms with van der Waals surface area (Å²) in [6.07, 6.45) is -3.52. The fraction of sp³-hybridized carbons (Fsp3) is 0.148. The molecule has 0 fully saturated rings. The van der Waals surface area contributed by atoms with Gasteiger partial charge in [-0.15, -0.1) is 0 Å². The maximum atomic E-state index is 15.0. The van der Waals surface area contributed by atoms with Gasteiger partial charge in [0.1, 0.15) is 17.3 Å². The van der Waals surface area contributed by atoms with Crippen LogP contribution in [-0.4, -0.2) is 44.2 Å². The molecule has 206 valence electrons. The number of rotatable bonds is 7. The zero-order chi connectivity index (χ0) is 29.0. The van der Waals surface area contributed by atoms with Gasteiger partial charge >= 0.3 is 12.1 Å². The van der Waals surface area contributed by atoms with E-state index in [-0.39, 0.29) is 29.9 Å². The lowest BCUT2D eigenvalue weighted by atomic mass is 9.99. The number of alkyl halides is 3. The van der Waals surface area contributed by atoms with Crippen LogP contribution in [0, 0.1) is 5.82 Å². The number of hydrogen-bond acceptors (Lipinski definition) is 7. The molecule has 4 rings (SSSR count). The Morgan fingerprint density at radius 3 is 2.40 bits per heavy atom. The van der Waals surface area contributed by atoms with Gasteiger partial charge < -0.3 is 15.3 Å². The monoisotopic (exact) mass is 555 g/mol. The van der Waals surface area contributed by atoms with Crippen molar-refractivity contribution in [2.24, 2.45) is 12.2 Å². The number of nitrogens with zero attached hydrogens (tertiary/aromatic N) is 4. The first-order valence-electron chi connectivity index (χ1n) is 11.7. The number of pyridine rings is 1. The van der Waals surface area contributed by atoms with E-state index in [1.165, 1.54) is 36.1 Å². The number of ether oxygens (including phenoxy) is 1. The quantitative estimate of drug-likeness (QED) is 0.105. The largest absolute Gasteiger partial charge is 0.461 e. The molecule has 13 heteroatoms. The number of benzene rings is 2. The first-order chi connectivity index (χ1) is 19.0. The summed E-state index contributed by atoms with van der Waals surface area (Å²) in [5, 5.41) is 18.7. The van der Waals surface area contributed by atoms with Crippen molar-refractivity contribution in [2.45, 2.75) is 13.1 Å². The molecule has 0 spiro atoms. The Bertz CT molecular complexity index is 1600. The first kappa shape index (κ1) is 28.0. The van der Waals surface area contributed by atoms with Crippen LogP contribution in [0.5, 0.6) is 0 Å². The third kappa shape index (κ3) is 5.82. The summed E-state index contributed by atoms with van der Waals surface area (Å²) >= 11 is 0. The van der Waals surface area contributed by atoms with Crippen LogP contribution < -0.4 is 5.32 Å². The van der Waals surface area contributed by atoms with Gasteiger partial charge in [-0.3, -0.25) is 9.48 Å². The minimum absolute atomic E-state index is 0.0185. The van der Waals surface area contributed by atoms with Crippen LogP contribution in [0.4, 0.5) is 23.4 Å². The number of anilines is 1. The molecule has 2 aromatic heterocycles. The van der Waals surface area contributed by atoms with Crippen LogP contribution in [0.3, 0.4) is 0 Å². The minimum atomic E-state index is -4.92. The molecule has 0 radical (unpaired) electrons. The first-order valence-corrected chi connectivity index (χ1v) is 11.7. The highest BCUT2D eigenvalue weighted by Crippen LogP contribution is 2.38. The summed E-state index contributed by atoms with van der Waals surface area (Å²) in [6.45, 7) is 1.53. The molecule has 0 saturated heterocycles. The number of oxime groups is 1. The molecule has 0 aliphatic rings. The fourth-order valence-corrected chi connectivity index (χ4v) is 3.86. The van der Waals surface area contributed by atoms with E-state index in [0.717, 1.165) is 6.07 Å². The molecule has 0 saturated carbocycles. The number of amides is 1. The van der Waals surface area contributed by atoms with Crippen LogP contribution in [0.15, 0.2) is 72.0 Å². The molecule has 9 nitrogen and oxygen atoms in total. The van der Waals surface area contributed by atoms with E-state index < -0.39 is 46.3 Å². The lowest BCUT2D eigenvalue weighted by Crippen LogP contribution is -2.22. The van der Waals surface area contributed by atoms with Gasteiger partial charge in [0.05, 0.1) is 23.4 Å². The van der Waals surface area contributed by atoms with Crippen molar-refractivity contribution in [1.82, 2.24) is 14.8 Å². The summed E-state index contributed by atoms with van der Waals surface area (Å²) < 4.78 is 62.3. The number of nitrogens with one attached hydrogen (secondary N) is 1. The fourth-order valence-electron chi connectivity index (χ4n) is 3.86. The van der Waals surface area contributed by atoms with Crippen LogP contribution in [0.1, 0.15) is 28.5 Å². The Morgan fingerprint density at radius 1 is 1.07 bits per heavy atom. The van der Waals surface area contributed by atoms with E-state index in [4.69, 9.17) is 4.74 Å². The van der Waals surface area contributed by atoms with E-state index in [2.05, 4.69) is 20.6 Å². The van der Waals surface area contributed by atoms with Crippen LogP contribution in [0.25, 0.3) is 22.4 Å². The van der Waals surface area contributed by atoms with Crippen LogP contribution in [-0.2, 0) is 22.8 Å². The number of hydrogen-bond donors (Lipinski definition) is 2. The van der Waals surface area contributed by atoms with Gasteiger partial charge in [0.2, 0.25) is 5.71 Å². The molecule has 2 aromatic carbocycles. The van der Waals surface area contributed by atoms with Gasteiger partial charge in [-0.1, -0.05) is 35.5 Å². The van der Waals surface area contributed by atoms with Gasteiger partial charge in [0.25, 0.3) is 5.91 Å². The third-order valence-electron chi connectivity index (χ3n) is 5.67. The summed E-state index contributed by atoms with van der Waals surface area (Å²) in [6, 6.07) is 13.7. The second kappa shape index (κ2) is 11.4. The van der Waals surface area contributed by atoms with Crippen molar-refractivity contribution in [3.05, 3.63) is 89.5 Å². The van der Waals surface area contributed by atoms with E-state index in [0.29, 0.717) is 11.1 Å². The summed E-state index contributed by atoms with van der Waals surface area (Å²) in [5.74, 6) is -3.72. The number of halogens is 4. The van der Waals surface area contributed by atoms with Gasteiger partial charge in [0, 0.05) is 24.4 Å². The predicted molar refractivity (Wildman–Crippen MR) is 136 cm³/mol. The molecule has 0 aliphatic carbocycles. The number of carbonyl (C=O) groups is 2. The average Bonchev–Trinajstić information content (AvgIpc) is 3.35. The Morgan fingerprint density at radius 2 is 1.80 bits per heavy atom. The molecule has 2 heterocycles. The average molecular weight is 555 g/mol. The molecule has 4 aromatic rings. The van der Waals surface area contributed by atoms with Crippen molar-refractivity contribution >= 4 is 23.4 Å². The molecule has 0 bridgehead atoms. The van der Waals surface area contributed by atoms with E-state index in [9.17, 15) is 32.4 Å². The highest BCUT2D eigenvalue weighted by Gasteiger charge is 2.36. The molecule has 0 aliphatic heterocycles. The molecule has 2 N–H and O–H groups in total. The summed E-state index contributed by atoms with van der Waals surface area (Å²) in [7, 11) is 1.50. The van der Waals surface area contributed by atoms with E-state index in [1.54, 1.807) is 37.3 Å². The molecule has 0 atom stereocenters. The molecule has 1 amide bonds. The SMILES string of the molecule is CCOC(=O)C(=NO)c1ccc(-c2ccccc2)c(NC(=O)c2cc(-c3ccn(C)n3)c(C(F)(F)F)cc2F)n1. The molecular formula is C27H21F4N5O4. The van der Waals surface area contributed by atoms with Crippen molar-refractivity contribution in [2.75, 3.05) is 11.9 Å². The van der Waals surface area contributed by atoms with Gasteiger partial charge in [0.15, 0.2) is 0 Å². The maximum absolute atomic E-state index is 15.0. The standard InChI is InChI=1S/C27H21F4N5O4/c1-3-40-26(38)23(35-39)22-10-9-16(15-7-5-4-6-8-15)24(32-22)33-25(37)18-13-17(21-11-12-36(2)34-21)19(14-20(18)28)27(29,30)31/h4-14,39H,3H2,1-2H3,(H,32,33,37). The van der Waals surface area contributed by atoms with Crippen LogP contribution >= 0.6 is 0 Å². The number of esters is 1. The smallest absolute Gasteiger partial charge is 0.417 e. The molecule has 40 heavy (non-hydrogen) atoms. The number of carbonyl (C=O) groups excluding carboxylic acids is 2. The lowest BCUT2D eigenvalue weighted by molar-refractivity contribution is -0.137. The lowest BCUT2D eigenvalue weighted by Gasteiger charge is -2.16. The van der Waals surface area contributed by atoms with Crippen molar-refractivity contribution in [1.29, 1.82) is 0 Å². The van der Waals surface area contributed by atoms with Crippen molar-refractivity contribution in [3.8, 4) is 22.4 Å². The Hall–Kier alpha value is -5.07. The highest BCUT2D eigenvalue weighted by atomic mass is 19.4. The van der Waals surface area contributed by atoms with Crippen molar-refractivity contribution < 1.29 is 37.1 Å². The van der Waals surface area contributed by atoms with E-state index in [1.807, 2.05) is 0 Å². The normalized spacial score (nSPS) is 11.8. The molecule has 0 unspecified atom stereocenters. The third-order valence-corrected chi connectivity index (χ3v) is 5.67. The Labute approximate surface area is 224 Å². The predicted octanol–water partition coefficient (Wildman–Crippen LogP) is 5.30. The van der Waals surface area contributed by atoms with Crippen molar-refractivity contribution in [3.63, 3.8) is 0 Å². The van der Waals surface area contributed by atoms with Crippen LogP contribution in [0.2, 0.25) is 0 Å². The second-order valence-corrected chi connectivity index (χ2v) is 8.33. The van der Waals surface area contributed by atoms with Gasteiger partial charge in [-0.05, 0) is 42.8 Å². The maximum Gasteiger partial charge on any atom is 0.417 e. The van der Waals surface area contributed by atoms with Gasteiger partial charge in [-0.25, -0.2) is 14.2 Å². The Balaban J connectivity index is 1.82. The zero-order valence-corrected chi connectivity index (χ0v) is 21.0. The minimum Gasteiger partial charge on any atom is -0.461 e. The summed E-state index contributed by atoms with van der Waals surface area (Å²) in [4.78, 5) is 29.7. The van der Waals surface area contributed by atoms with E-state index >= 15 is 0 Å². The second-order valence-electron chi connectivity index (χ2n) is 8.33. The zero-order valence-electron chi connectivity index (χ0n) is 21.0. The highest BCUT2D eigenvalue weighted by molar-refractivity contribution is 6.42. The summed E-state index contributed by atoms with van der Waals surface area (Å²) in [5.41, 5.74) is -2.47.